The van der Waals surface area contributed by atoms with Gasteiger partial charge in [-0.2, -0.15) is 0 Å². The fourth-order valence-corrected chi connectivity index (χ4v) is 5.62. The third kappa shape index (κ3) is 2.56. The van der Waals surface area contributed by atoms with Crippen LogP contribution in [0.25, 0.3) is 0 Å². The minimum absolute atomic E-state index is 0.0239. The van der Waals surface area contributed by atoms with Crippen LogP contribution in [-0.4, -0.2) is 17.4 Å². The van der Waals surface area contributed by atoms with Crippen molar-refractivity contribution in [3.05, 3.63) is 12.2 Å². The average molecular weight is 316 g/mol. The van der Waals surface area contributed by atoms with E-state index in [2.05, 4.69) is 6.92 Å². The molecule has 4 aliphatic rings. The van der Waals surface area contributed by atoms with E-state index in [1.807, 2.05) is 12.2 Å². The van der Waals surface area contributed by atoms with Crippen LogP contribution in [0.4, 0.5) is 0 Å². The Labute approximate surface area is 138 Å². The molecule has 23 heavy (non-hydrogen) atoms. The number of allylic oxidation sites excluding steroid dienone is 2. The number of carbonyl (C=O) groups excluding carboxylic acids is 2. The highest BCUT2D eigenvalue weighted by Crippen LogP contribution is 2.48. The summed E-state index contributed by atoms with van der Waals surface area (Å²) in [4.78, 5) is 24.8. The van der Waals surface area contributed by atoms with Crippen LogP contribution < -0.4 is 0 Å². The van der Waals surface area contributed by atoms with Crippen LogP contribution in [0, 0.1) is 29.6 Å². The smallest absolute Gasteiger partial charge is 0.310 e. The van der Waals surface area contributed by atoms with E-state index >= 15 is 0 Å². The second kappa shape index (κ2) is 5.75. The molecule has 3 fully saturated rings. The molecule has 0 aliphatic heterocycles. The number of esters is 1. The molecule has 6 atom stereocenters. The van der Waals surface area contributed by atoms with Crippen LogP contribution in [-0.2, 0) is 14.3 Å². The first kappa shape index (κ1) is 15.4. The van der Waals surface area contributed by atoms with Crippen molar-refractivity contribution in [2.45, 2.75) is 70.3 Å². The summed E-state index contributed by atoms with van der Waals surface area (Å²) in [6.45, 7) is 2.16. The first-order chi connectivity index (χ1) is 11.1. The molecule has 0 amide bonds. The molecule has 126 valence electrons. The van der Waals surface area contributed by atoms with Crippen molar-refractivity contribution in [2.75, 3.05) is 0 Å². The van der Waals surface area contributed by atoms with E-state index in [1.165, 1.54) is 32.1 Å². The van der Waals surface area contributed by atoms with Gasteiger partial charge in [0.1, 0.15) is 11.4 Å². The van der Waals surface area contributed by atoms with Gasteiger partial charge in [-0.25, -0.2) is 0 Å². The van der Waals surface area contributed by atoms with Gasteiger partial charge in [-0.1, -0.05) is 44.8 Å². The summed E-state index contributed by atoms with van der Waals surface area (Å²) < 4.78 is 6.14. The summed E-state index contributed by atoms with van der Waals surface area (Å²) >= 11 is 0. The molecule has 0 saturated heterocycles. The Morgan fingerprint density at radius 3 is 2.65 bits per heavy atom. The second-order valence-corrected chi connectivity index (χ2v) is 8.27. The maximum atomic E-state index is 12.8. The lowest BCUT2D eigenvalue weighted by Crippen LogP contribution is -2.45. The van der Waals surface area contributed by atoms with Crippen LogP contribution in [0.3, 0.4) is 0 Å². The topological polar surface area (TPSA) is 43.4 Å². The lowest BCUT2D eigenvalue weighted by atomic mass is 9.65. The minimum atomic E-state index is -0.260. The molecule has 0 aromatic carbocycles. The molecule has 0 N–H and O–H groups in total. The molecule has 2 bridgehead atoms. The van der Waals surface area contributed by atoms with E-state index in [0.717, 1.165) is 31.1 Å². The van der Waals surface area contributed by atoms with Crippen molar-refractivity contribution in [2.24, 2.45) is 29.6 Å². The van der Waals surface area contributed by atoms with Gasteiger partial charge in [0.25, 0.3) is 0 Å². The van der Waals surface area contributed by atoms with Crippen molar-refractivity contribution in [1.29, 1.82) is 0 Å². The normalized spacial score (nSPS) is 45.1. The van der Waals surface area contributed by atoms with Crippen molar-refractivity contribution >= 4 is 11.8 Å². The Kier molecular flexibility index (Phi) is 3.85. The highest BCUT2D eigenvalue weighted by Gasteiger charge is 2.50. The van der Waals surface area contributed by atoms with E-state index in [0.29, 0.717) is 6.42 Å². The standard InChI is InChI=1S/C20H28O3/c1-2-20(10-9-13-5-3-4-6-15(13)12-20)23-19(22)17-11-14-7-8-16(17)18(14)21/h7-8,13-17H,2-6,9-12H2,1H3. The summed E-state index contributed by atoms with van der Waals surface area (Å²) in [7, 11) is 0. The van der Waals surface area contributed by atoms with Crippen molar-refractivity contribution in [3.63, 3.8) is 0 Å². The number of carbonyl (C=O) groups is 2. The summed E-state index contributed by atoms with van der Waals surface area (Å²) in [5.41, 5.74) is -0.260. The molecule has 4 aliphatic carbocycles. The largest absolute Gasteiger partial charge is 0.459 e. The first-order valence-electron chi connectivity index (χ1n) is 9.57. The van der Waals surface area contributed by atoms with Crippen molar-refractivity contribution in [1.82, 2.24) is 0 Å². The zero-order chi connectivity index (χ0) is 16.0. The van der Waals surface area contributed by atoms with Crippen LogP contribution in [0.15, 0.2) is 12.2 Å². The maximum Gasteiger partial charge on any atom is 0.310 e. The van der Waals surface area contributed by atoms with Crippen LogP contribution in [0.2, 0.25) is 0 Å². The van der Waals surface area contributed by atoms with Crippen LogP contribution in [0.5, 0.6) is 0 Å². The molecular weight excluding hydrogens is 288 g/mol. The molecule has 0 heterocycles. The molecule has 3 saturated carbocycles. The van der Waals surface area contributed by atoms with Gasteiger partial charge >= 0.3 is 5.97 Å². The van der Waals surface area contributed by atoms with E-state index < -0.39 is 0 Å². The Hall–Kier alpha value is -1.12. The van der Waals surface area contributed by atoms with Gasteiger partial charge in [0, 0.05) is 11.8 Å². The third-order valence-corrected chi connectivity index (χ3v) is 7.12. The average Bonchev–Trinajstić information content (AvgIpc) is 3.10. The fraction of sp³-hybridized carbons (Fsp3) is 0.800. The predicted octanol–water partition coefficient (Wildman–Crippen LogP) is 4.06. The summed E-state index contributed by atoms with van der Waals surface area (Å²) in [6.07, 6.45) is 14.1. The van der Waals surface area contributed by atoms with Gasteiger partial charge in [-0.05, 0) is 43.9 Å². The third-order valence-electron chi connectivity index (χ3n) is 7.12. The molecule has 0 radical (unpaired) electrons. The van der Waals surface area contributed by atoms with Gasteiger partial charge in [0.2, 0.25) is 0 Å². The van der Waals surface area contributed by atoms with E-state index in [-0.39, 0.29) is 35.1 Å². The van der Waals surface area contributed by atoms with E-state index in [9.17, 15) is 9.59 Å². The monoisotopic (exact) mass is 316 g/mol. The molecule has 0 aromatic heterocycles. The van der Waals surface area contributed by atoms with Crippen molar-refractivity contribution < 1.29 is 14.3 Å². The zero-order valence-corrected chi connectivity index (χ0v) is 14.1. The highest BCUT2D eigenvalue weighted by molar-refractivity contribution is 5.96. The number of fused-ring (bicyclic) bond motifs is 3. The zero-order valence-electron chi connectivity index (χ0n) is 14.1. The Bertz CT molecular complexity index is 537. The molecule has 6 unspecified atom stereocenters. The van der Waals surface area contributed by atoms with Gasteiger partial charge in [-0.3, -0.25) is 9.59 Å². The van der Waals surface area contributed by atoms with E-state index in [4.69, 9.17) is 4.74 Å². The Morgan fingerprint density at radius 1 is 1.22 bits per heavy atom. The van der Waals surface area contributed by atoms with Gasteiger partial charge in [0.15, 0.2) is 0 Å². The van der Waals surface area contributed by atoms with Crippen LogP contribution in [0.1, 0.15) is 64.7 Å². The van der Waals surface area contributed by atoms with Gasteiger partial charge in [0.05, 0.1) is 5.92 Å². The predicted molar refractivity (Wildman–Crippen MR) is 87.6 cm³/mol. The number of ketones is 1. The quantitative estimate of drug-likeness (QED) is 0.582. The Balaban J connectivity index is 1.45. The molecular formula is C20H28O3. The van der Waals surface area contributed by atoms with Crippen LogP contribution >= 0.6 is 0 Å². The molecule has 0 spiro atoms. The molecule has 4 rings (SSSR count). The fourth-order valence-electron chi connectivity index (χ4n) is 5.62. The minimum Gasteiger partial charge on any atom is -0.459 e. The van der Waals surface area contributed by atoms with Gasteiger partial charge in [-0.15, -0.1) is 0 Å². The van der Waals surface area contributed by atoms with Gasteiger partial charge < -0.3 is 4.74 Å². The number of rotatable bonds is 3. The van der Waals surface area contributed by atoms with E-state index in [1.54, 1.807) is 0 Å². The first-order valence-corrected chi connectivity index (χ1v) is 9.57. The lowest BCUT2D eigenvalue weighted by molar-refractivity contribution is -0.174. The van der Waals surface area contributed by atoms with Crippen molar-refractivity contribution in [3.8, 4) is 0 Å². The maximum absolute atomic E-state index is 12.8. The number of hydrogen-bond acceptors (Lipinski definition) is 3. The highest BCUT2D eigenvalue weighted by atomic mass is 16.6. The molecule has 3 nitrogen and oxygen atoms in total. The summed E-state index contributed by atoms with van der Waals surface area (Å²) in [5, 5.41) is 0. The molecule has 0 aromatic rings. The SMILES string of the molecule is CCC1(OC(=O)C2CC3C=CC2C3=O)CCC2CCCCC2C1. The number of ether oxygens (including phenoxy) is 1. The summed E-state index contributed by atoms with van der Waals surface area (Å²) in [6, 6.07) is 0. The molecule has 3 heteroatoms. The second-order valence-electron chi connectivity index (χ2n) is 8.27. The summed E-state index contributed by atoms with van der Waals surface area (Å²) in [5.74, 6) is 1.28. The lowest BCUT2D eigenvalue weighted by Gasteiger charge is -2.46. The number of hydrogen-bond donors (Lipinski definition) is 0. The number of Topliss-reactive ketones (excluding diaryl/α,β-unsaturated/α-hetero) is 1. The Morgan fingerprint density at radius 2 is 2.00 bits per heavy atom.